The number of halogens is 3. The first kappa shape index (κ1) is 19.7. The van der Waals surface area contributed by atoms with Crippen molar-refractivity contribution >= 4 is 17.5 Å². The van der Waals surface area contributed by atoms with Crippen molar-refractivity contribution in [3.8, 4) is 5.75 Å². The molecular weight excluding hydrogens is 375 g/mol. The monoisotopic (exact) mass is 393 g/mol. The minimum atomic E-state index is -4.82. The molecule has 0 aromatic heterocycles. The summed E-state index contributed by atoms with van der Waals surface area (Å²) in [5, 5.41) is 2.61. The number of rotatable bonds is 5. The third-order valence-corrected chi connectivity index (χ3v) is 4.33. The molecule has 2 aromatic carbocycles. The number of nitrogens with two attached hydrogens (primary N) is 1. The molecule has 6 nitrogen and oxygen atoms in total. The maximum absolute atomic E-state index is 12.6. The number of carbonyl (C=O) groups is 2. The zero-order valence-corrected chi connectivity index (χ0v) is 14.6. The molecule has 1 saturated heterocycles. The van der Waals surface area contributed by atoms with Crippen LogP contribution < -0.4 is 20.7 Å². The van der Waals surface area contributed by atoms with E-state index in [1.54, 1.807) is 30.3 Å². The first-order chi connectivity index (χ1) is 13.2. The molecule has 1 aliphatic rings. The molecule has 1 heterocycles. The van der Waals surface area contributed by atoms with Crippen LogP contribution in [0.1, 0.15) is 18.0 Å². The van der Waals surface area contributed by atoms with Gasteiger partial charge in [-0.2, -0.15) is 0 Å². The van der Waals surface area contributed by atoms with E-state index < -0.39 is 36.0 Å². The van der Waals surface area contributed by atoms with Gasteiger partial charge in [-0.25, -0.2) is 0 Å². The van der Waals surface area contributed by atoms with Crippen molar-refractivity contribution in [3.05, 3.63) is 60.2 Å². The van der Waals surface area contributed by atoms with E-state index in [9.17, 15) is 22.8 Å². The summed E-state index contributed by atoms with van der Waals surface area (Å²) < 4.78 is 41.0. The minimum absolute atomic E-state index is 0.250. The van der Waals surface area contributed by atoms with E-state index in [2.05, 4.69) is 10.1 Å². The summed E-state index contributed by atoms with van der Waals surface area (Å²) >= 11 is 0. The Balaban J connectivity index is 1.66. The molecule has 1 fully saturated rings. The zero-order chi connectivity index (χ0) is 20.3. The van der Waals surface area contributed by atoms with Crippen molar-refractivity contribution in [3.63, 3.8) is 0 Å². The van der Waals surface area contributed by atoms with Gasteiger partial charge in [-0.1, -0.05) is 36.4 Å². The molecule has 2 aromatic rings. The van der Waals surface area contributed by atoms with Gasteiger partial charge in [0.05, 0.1) is 0 Å². The summed E-state index contributed by atoms with van der Waals surface area (Å²) in [4.78, 5) is 26.3. The Bertz CT molecular complexity index is 858. The van der Waals surface area contributed by atoms with Crippen LogP contribution in [0.15, 0.2) is 54.6 Å². The van der Waals surface area contributed by atoms with Gasteiger partial charge in [-0.05, 0) is 24.1 Å². The van der Waals surface area contributed by atoms with Crippen LogP contribution in [0.25, 0.3) is 0 Å². The topological polar surface area (TPSA) is 84.7 Å². The molecule has 0 saturated carbocycles. The van der Waals surface area contributed by atoms with Crippen LogP contribution in [-0.2, 0) is 9.59 Å². The molecule has 0 bridgehead atoms. The molecule has 148 valence electrons. The lowest BCUT2D eigenvalue weighted by atomic mass is 10.1. The van der Waals surface area contributed by atoms with E-state index in [4.69, 9.17) is 5.73 Å². The van der Waals surface area contributed by atoms with Gasteiger partial charge in [0.25, 0.3) is 0 Å². The van der Waals surface area contributed by atoms with E-state index in [-0.39, 0.29) is 12.2 Å². The van der Waals surface area contributed by atoms with E-state index in [1.807, 2.05) is 0 Å². The number of nitrogens with zero attached hydrogens (tertiary/aromatic N) is 1. The minimum Gasteiger partial charge on any atom is -0.406 e. The number of alkyl halides is 3. The first-order valence-corrected chi connectivity index (χ1v) is 8.53. The Morgan fingerprint density at radius 2 is 1.89 bits per heavy atom. The number of amides is 2. The molecule has 0 aliphatic carbocycles. The Morgan fingerprint density at radius 1 is 1.18 bits per heavy atom. The number of hydrogen-bond acceptors (Lipinski definition) is 4. The van der Waals surface area contributed by atoms with E-state index >= 15 is 0 Å². The predicted molar refractivity (Wildman–Crippen MR) is 95.4 cm³/mol. The Hall–Kier alpha value is -3.07. The second-order valence-electron chi connectivity index (χ2n) is 6.27. The second-order valence-corrected chi connectivity index (χ2v) is 6.27. The SMILES string of the molecule is NC(C(=O)NC1CCN(c2cccc(OC(F)(F)F)c2)C1=O)c1ccccc1. The first-order valence-electron chi connectivity index (χ1n) is 8.53. The van der Waals surface area contributed by atoms with Crippen LogP contribution in [0, 0.1) is 0 Å². The number of benzene rings is 2. The number of carbonyl (C=O) groups excluding carboxylic acids is 2. The molecule has 0 spiro atoms. The highest BCUT2D eigenvalue weighted by Gasteiger charge is 2.35. The highest BCUT2D eigenvalue weighted by atomic mass is 19.4. The fourth-order valence-corrected chi connectivity index (χ4v) is 2.99. The molecule has 9 heteroatoms. The van der Waals surface area contributed by atoms with Gasteiger partial charge in [0.1, 0.15) is 17.8 Å². The third-order valence-electron chi connectivity index (χ3n) is 4.33. The smallest absolute Gasteiger partial charge is 0.406 e. The van der Waals surface area contributed by atoms with Crippen molar-refractivity contribution in [2.75, 3.05) is 11.4 Å². The fourth-order valence-electron chi connectivity index (χ4n) is 2.99. The molecule has 1 aliphatic heterocycles. The number of hydrogen-bond donors (Lipinski definition) is 2. The molecule has 2 atom stereocenters. The van der Waals surface area contributed by atoms with Crippen LogP contribution in [0.4, 0.5) is 18.9 Å². The van der Waals surface area contributed by atoms with Crippen molar-refractivity contribution < 1.29 is 27.5 Å². The summed E-state index contributed by atoms with van der Waals surface area (Å²) in [6, 6.07) is 12.1. The standard InChI is InChI=1S/C19H18F3N3O3/c20-19(21,22)28-14-8-4-7-13(11-14)25-10-9-15(18(25)27)24-17(26)16(23)12-5-2-1-3-6-12/h1-8,11,15-16H,9-10,23H2,(H,24,26). The fraction of sp³-hybridized carbons (Fsp3) is 0.263. The second kappa shape index (κ2) is 7.89. The van der Waals surface area contributed by atoms with Gasteiger partial charge in [0, 0.05) is 18.3 Å². The Morgan fingerprint density at radius 3 is 2.57 bits per heavy atom. The molecule has 2 amide bonds. The maximum atomic E-state index is 12.6. The number of ether oxygens (including phenoxy) is 1. The van der Waals surface area contributed by atoms with Gasteiger partial charge >= 0.3 is 6.36 Å². The maximum Gasteiger partial charge on any atom is 0.573 e. The number of nitrogens with one attached hydrogen (secondary N) is 1. The van der Waals surface area contributed by atoms with Gasteiger partial charge in [0.15, 0.2) is 0 Å². The summed E-state index contributed by atoms with van der Waals surface area (Å²) in [5.74, 6) is -1.34. The van der Waals surface area contributed by atoms with Crippen LogP contribution >= 0.6 is 0 Å². The molecule has 3 rings (SSSR count). The highest BCUT2D eigenvalue weighted by Crippen LogP contribution is 2.29. The molecule has 0 radical (unpaired) electrons. The molecule has 3 N–H and O–H groups in total. The van der Waals surface area contributed by atoms with Crippen LogP contribution in [0.2, 0.25) is 0 Å². The third kappa shape index (κ3) is 4.61. The zero-order valence-electron chi connectivity index (χ0n) is 14.6. The molecular formula is C19H18F3N3O3. The van der Waals surface area contributed by atoms with Crippen molar-refractivity contribution in [2.45, 2.75) is 24.9 Å². The molecule has 2 unspecified atom stereocenters. The summed E-state index contributed by atoms with van der Waals surface area (Å²) in [6.45, 7) is 0.250. The quantitative estimate of drug-likeness (QED) is 0.818. The highest BCUT2D eigenvalue weighted by molar-refractivity contribution is 6.01. The van der Waals surface area contributed by atoms with Crippen molar-refractivity contribution in [1.29, 1.82) is 0 Å². The average Bonchev–Trinajstić information content (AvgIpc) is 3.01. The average molecular weight is 393 g/mol. The molecule has 28 heavy (non-hydrogen) atoms. The Kier molecular flexibility index (Phi) is 5.55. The lowest BCUT2D eigenvalue weighted by Gasteiger charge is -2.19. The largest absolute Gasteiger partial charge is 0.573 e. The lowest BCUT2D eigenvalue weighted by molar-refractivity contribution is -0.274. The van der Waals surface area contributed by atoms with Crippen molar-refractivity contribution in [2.24, 2.45) is 5.73 Å². The summed E-state index contributed by atoms with van der Waals surface area (Å²) in [5.41, 5.74) is 6.80. The van der Waals surface area contributed by atoms with Crippen LogP contribution in [0.3, 0.4) is 0 Å². The van der Waals surface area contributed by atoms with Gasteiger partial charge in [-0.3, -0.25) is 9.59 Å². The van der Waals surface area contributed by atoms with Gasteiger partial charge in [-0.15, -0.1) is 13.2 Å². The van der Waals surface area contributed by atoms with E-state index in [0.29, 0.717) is 12.0 Å². The van der Waals surface area contributed by atoms with E-state index in [1.165, 1.54) is 17.0 Å². The number of anilines is 1. The predicted octanol–water partition coefficient (Wildman–Crippen LogP) is 2.51. The van der Waals surface area contributed by atoms with Crippen LogP contribution in [-0.4, -0.2) is 30.8 Å². The normalized spacial score (nSPS) is 18.1. The van der Waals surface area contributed by atoms with E-state index in [0.717, 1.165) is 12.1 Å². The Labute approximate surface area is 159 Å². The van der Waals surface area contributed by atoms with Crippen LogP contribution in [0.5, 0.6) is 5.75 Å². The van der Waals surface area contributed by atoms with Crippen molar-refractivity contribution in [1.82, 2.24) is 5.32 Å². The summed E-state index contributed by atoms with van der Waals surface area (Å²) in [7, 11) is 0. The van der Waals surface area contributed by atoms with Gasteiger partial charge in [0.2, 0.25) is 11.8 Å². The lowest BCUT2D eigenvalue weighted by Crippen LogP contribution is -2.45. The summed E-state index contributed by atoms with van der Waals surface area (Å²) in [6.07, 6.45) is -4.51. The van der Waals surface area contributed by atoms with Gasteiger partial charge < -0.3 is 20.7 Å².